The van der Waals surface area contributed by atoms with E-state index < -0.39 is 5.91 Å². The van der Waals surface area contributed by atoms with E-state index in [9.17, 15) is 9.59 Å². The lowest BCUT2D eigenvalue weighted by molar-refractivity contribution is 0.0988. The number of amides is 2. The second-order valence-electron chi connectivity index (χ2n) is 4.67. The van der Waals surface area contributed by atoms with Gasteiger partial charge < -0.3 is 16.4 Å². The van der Waals surface area contributed by atoms with Crippen molar-refractivity contribution in [3.8, 4) is 0 Å². The number of nitrogens with two attached hydrogens (primary N) is 2. The van der Waals surface area contributed by atoms with Gasteiger partial charge in [-0.2, -0.15) is 0 Å². The van der Waals surface area contributed by atoms with E-state index in [1.807, 2.05) is 6.92 Å². The molecule has 0 bridgehead atoms. The van der Waals surface area contributed by atoms with Crippen molar-refractivity contribution >= 4 is 34.8 Å². The Balaban J connectivity index is 2.44. The van der Waals surface area contributed by atoms with Crippen LogP contribution in [0.4, 0.5) is 11.4 Å². The van der Waals surface area contributed by atoms with Crippen LogP contribution in [0.25, 0.3) is 0 Å². The van der Waals surface area contributed by atoms with Crippen LogP contribution in [0.2, 0.25) is 5.02 Å². The van der Waals surface area contributed by atoms with Gasteiger partial charge in [0.2, 0.25) is 5.91 Å². The van der Waals surface area contributed by atoms with Crippen LogP contribution in [0.3, 0.4) is 0 Å². The number of benzene rings is 2. The van der Waals surface area contributed by atoms with Crippen LogP contribution in [-0.2, 0) is 0 Å². The molecule has 2 rings (SSSR count). The molecule has 2 amide bonds. The first-order valence-corrected chi connectivity index (χ1v) is 7.09. The van der Waals surface area contributed by atoms with Crippen LogP contribution in [-0.4, -0.2) is 18.4 Å². The van der Waals surface area contributed by atoms with E-state index in [1.165, 1.54) is 17.0 Å². The summed E-state index contributed by atoms with van der Waals surface area (Å²) in [6.07, 6.45) is 0. The topological polar surface area (TPSA) is 89.4 Å². The third-order valence-electron chi connectivity index (χ3n) is 3.27. The second-order valence-corrected chi connectivity index (χ2v) is 5.07. The molecular formula is C16H16ClN3O2. The van der Waals surface area contributed by atoms with Gasteiger partial charge in [-0.25, -0.2) is 0 Å². The van der Waals surface area contributed by atoms with Crippen LogP contribution in [0.1, 0.15) is 27.6 Å². The molecule has 4 N–H and O–H groups in total. The highest BCUT2D eigenvalue weighted by atomic mass is 35.5. The molecule has 0 aliphatic rings. The zero-order valence-electron chi connectivity index (χ0n) is 12.0. The summed E-state index contributed by atoms with van der Waals surface area (Å²) in [6, 6.07) is 11.5. The highest BCUT2D eigenvalue weighted by Gasteiger charge is 2.19. The van der Waals surface area contributed by atoms with E-state index in [-0.39, 0.29) is 16.5 Å². The number of halogens is 1. The minimum atomic E-state index is -0.679. The number of anilines is 2. The van der Waals surface area contributed by atoms with Gasteiger partial charge in [0, 0.05) is 12.1 Å². The molecule has 0 radical (unpaired) electrons. The number of rotatable bonds is 4. The first kappa shape index (κ1) is 15.9. The van der Waals surface area contributed by atoms with Crippen molar-refractivity contribution in [2.24, 2.45) is 5.73 Å². The van der Waals surface area contributed by atoms with E-state index in [0.717, 1.165) is 0 Å². The zero-order valence-corrected chi connectivity index (χ0v) is 12.8. The molecule has 0 unspecified atom stereocenters. The second kappa shape index (κ2) is 6.49. The number of carbonyl (C=O) groups excluding carboxylic acids is 2. The number of primary amides is 1. The quantitative estimate of drug-likeness (QED) is 0.849. The first-order valence-electron chi connectivity index (χ1n) is 6.71. The largest absolute Gasteiger partial charge is 0.397 e. The van der Waals surface area contributed by atoms with Crippen molar-refractivity contribution in [2.45, 2.75) is 6.92 Å². The molecule has 22 heavy (non-hydrogen) atoms. The summed E-state index contributed by atoms with van der Waals surface area (Å²) in [6.45, 7) is 2.27. The summed E-state index contributed by atoms with van der Waals surface area (Å²) < 4.78 is 0. The Morgan fingerprint density at radius 3 is 2.45 bits per heavy atom. The van der Waals surface area contributed by atoms with Crippen molar-refractivity contribution in [2.75, 3.05) is 17.2 Å². The summed E-state index contributed by atoms with van der Waals surface area (Å²) in [7, 11) is 0. The monoisotopic (exact) mass is 317 g/mol. The summed E-state index contributed by atoms with van der Waals surface area (Å²) in [5.41, 5.74) is 12.7. The van der Waals surface area contributed by atoms with Crippen molar-refractivity contribution in [3.63, 3.8) is 0 Å². The molecule has 114 valence electrons. The first-order chi connectivity index (χ1) is 10.5. The predicted octanol–water partition coefficient (Wildman–Crippen LogP) is 2.69. The number of nitrogens with zero attached hydrogens (tertiary/aromatic N) is 1. The Morgan fingerprint density at radius 2 is 1.86 bits per heavy atom. The summed E-state index contributed by atoms with van der Waals surface area (Å²) in [5, 5.41) is 0.214. The van der Waals surface area contributed by atoms with E-state index in [2.05, 4.69) is 0 Å². The molecule has 0 atom stereocenters. The molecule has 0 fully saturated rings. The average Bonchev–Trinajstić information content (AvgIpc) is 2.50. The van der Waals surface area contributed by atoms with E-state index in [0.29, 0.717) is 23.5 Å². The molecule has 0 saturated heterocycles. The van der Waals surface area contributed by atoms with Crippen LogP contribution in [0, 0.1) is 0 Å². The number of para-hydroxylation sites is 2. The fraction of sp³-hybridized carbons (Fsp3) is 0.125. The SMILES string of the molecule is CCN(C(=O)c1ccc(Cl)c(C(N)=O)c1)c1ccccc1N. The lowest BCUT2D eigenvalue weighted by Crippen LogP contribution is -2.31. The number of nitrogen functional groups attached to an aromatic ring is 1. The molecule has 0 aromatic heterocycles. The van der Waals surface area contributed by atoms with Crippen LogP contribution in [0.5, 0.6) is 0 Å². The van der Waals surface area contributed by atoms with Gasteiger partial charge in [0.25, 0.3) is 5.91 Å². The number of hydrogen-bond acceptors (Lipinski definition) is 3. The van der Waals surface area contributed by atoms with Gasteiger partial charge in [0.15, 0.2) is 0 Å². The Labute approximate surface area is 133 Å². The van der Waals surface area contributed by atoms with Gasteiger partial charge in [-0.15, -0.1) is 0 Å². The van der Waals surface area contributed by atoms with E-state index in [1.54, 1.807) is 30.3 Å². The molecule has 0 saturated carbocycles. The zero-order chi connectivity index (χ0) is 16.3. The van der Waals surface area contributed by atoms with E-state index in [4.69, 9.17) is 23.1 Å². The predicted molar refractivity (Wildman–Crippen MR) is 88.2 cm³/mol. The summed E-state index contributed by atoms with van der Waals surface area (Å²) in [5.74, 6) is -0.957. The Kier molecular flexibility index (Phi) is 4.68. The molecule has 2 aromatic carbocycles. The third-order valence-corrected chi connectivity index (χ3v) is 3.60. The van der Waals surface area contributed by atoms with Crippen LogP contribution in [0.15, 0.2) is 42.5 Å². The molecule has 0 heterocycles. The molecule has 5 nitrogen and oxygen atoms in total. The summed E-state index contributed by atoms with van der Waals surface area (Å²) >= 11 is 5.91. The Bertz CT molecular complexity index is 731. The molecular weight excluding hydrogens is 302 g/mol. The van der Waals surface area contributed by atoms with Crippen molar-refractivity contribution in [1.82, 2.24) is 0 Å². The van der Waals surface area contributed by atoms with Gasteiger partial charge >= 0.3 is 0 Å². The minimum Gasteiger partial charge on any atom is -0.397 e. The van der Waals surface area contributed by atoms with Crippen molar-refractivity contribution in [3.05, 3.63) is 58.6 Å². The lowest BCUT2D eigenvalue weighted by Gasteiger charge is -2.23. The lowest BCUT2D eigenvalue weighted by atomic mass is 10.1. The highest BCUT2D eigenvalue weighted by molar-refractivity contribution is 6.34. The maximum atomic E-state index is 12.7. The van der Waals surface area contributed by atoms with E-state index >= 15 is 0 Å². The average molecular weight is 318 g/mol. The van der Waals surface area contributed by atoms with Gasteiger partial charge in [0.1, 0.15) is 0 Å². The van der Waals surface area contributed by atoms with Crippen LogP contribution < -0.4 is 16.4 Å². The van der Waals surface area contributed by atoms with Gasteiger partial charge in [-0.3, -0.25) is 9.59 Å². The maximum Gasteiger partial charge on any atom is 0.258 e. The highest BCUT2D eigenvalue weighted by Crippen LogP contribution is 2.25. The number of carbonyl (C=O) groups is 2. The Morgan fingerprint density at radius 1 is 1.18 bits per heavy atom. The van der Waals surface area contributed by atoms with Gasteiger partial charge in [-0.05, 0) is 37.3 Å². The van der Waals surface area contributed by atoms with Gasteiger partial charge in [0.05, 0.1) is 22.0 Å². The normalized spacial score (nSPS) is 10.3. The minimum absolute atomic E-state index is 0.115. The number of hydrogen-bond donors (Lipinski definition) is 2. The molecule has 2 aromatic rings. The molecule has 6 heteroatoms. The van der Waals surface area contributed by atoms with Crippen LogP contribution >= 0.6 is 11.6 Å². The fourth-order valence-electron chi connectivity index (χ4n) is 2.16. The smallest absolute Gasteiger partial charge is 0.258 e. The van der Waals surface area contributed by atoms with Crippen molar-refractivity contribution in [1.29, 1.82) is 0 Å². The standard InChI is InChI=1S/C16H16ClN3O2/c1-2-20(14-6-4-3-5-13(14)18)16(22)10-7-8-12(17)11(9-10)15(19)21/h3-9H,2,18H2,1H3,(H2,19,21). The van der Waals surface area contributed by atoms with Gasteiger partial charge in [-0.1, -0.05) is 23.7 Å². The molecule has 0 aliphatic carbocycles. The molecule has 0 spiro atoms. The third kappa shape index (κ3) is 3.04. The summed E-state index contributed by atoms with van der Waals surface area (Å²) in [4.78, 5) is 25.6. The fourth-order valence-corrected chi connectivity index (χ4v) is 2.37. The maximum absolute atomic E-state index is 12.7. The van der Waals surface area contributed by atoms with Crippen molar-refractivity contribution < 1.29 is 9.59 Å². The Hall–Kier alpha value is -2.53. The molecule has 0 aliphatic heterocycles.